The average Bonchev–Trinajstić information content (AvgIpc) is 3.02. The van der Waals surface area contributed by atoms with Gasteiger partial charge in [-0.1, -0.05) is 25.7 Å². The van der Waals surface area contributed by atoms with E-state index in [0.717, 1.165) is 11.8 Å². The van der Waals surface area contributed by atoms with E-state index < -0.39 is 0 Å². The van der Waals surface area contributed by atoms with Crippen LogP contribution in [0.2, 0.25) is 0 Å². The molecule has 2 saturated carbocycles. The lowest BCUT2D eigenvalue weighted by Gasteiger charge is -2.10. The quantitative estimate of drug-likeness (QED) is 0.608. The molecule has 0 aromatic carbocycles. The summed E-state index contributed by atoms with van der Waals surface area (Å²) in [6.07, 6.45) is 15.0. The van der Waals surface area contributed by atoms with Crippen molar-refractivity contribution in [3.05, 3.63) is 23.7 Å². The fourth-order valence-corrected chi connectivity index (χ4v) is 3.20. The van der Waals surface area contributed by atoms with Gasteiger partial charge in [-0.05, 0) is 62.5 Å². The third-order valence-electron chi connectivity index (χ3n) is 4.51. The molecule has 96 valence electrons. The van der Waals surface area contributed by atoms with E-state index in [0.29, 0.717) is 0 Å². The van der Waals surface area contributed by atoms with E-state index in [-0.39, 0.29) is 0 Å². The van der Waals surface area contributed by atoms with Crippen LogP contribution in [-0.2, 0) is 4.74 Å². The van der Waals surface area contributed by atoms with Gasteiger partial charge in [0.25, 0.3) is 0 Å². The van der Waals surface area contributed by atoms with Crippen LogP contribution in [0.1, 0.15) is 65.2 Å². The number of hydrogen-bond acceptors (Lipinski definition) is 1. The fraction of sp³-hybridized carbons (Fsp3) is 0.750. The van der Waals surface area contributed by atoms with Crippen molar-refractivity contribution in [1.29, 1.82) is 0 Å². The van der Waals surface area contributed by atoms with E-state index in [1.165, 1.54) is 62.5 Å². The van der Waals surface area contributed by atoms with E-state index in [1.54, 1.807) is 0 Å². The molecule has 0 radical (unpaired) electrons. The maximum atomic E-state index is 5.66. The Kier molecular flexibility index (Phi) is 4.70. The Morgan fingerprint density at radius 1 is 0.765 bits per heavy atom. The topological polar surface area (TPSA) is 9.23 Å². The van der Waals surface area contributed by atoms with Crippen LogP contribution >= 0.6 is 0 Å². The molecule has 1 heteroatoms. The standard InChI is InChI=1S/C16H26O/c1-13(15-7-3-4-8-15)11-17-12-14(2)16-9-5-6-10-16/h11-12,15-16H,3-10H2,1-2H3. The van der Waals surface area contributed by atoms with Crippen LogP contribution in [0.3, 0.4) is 0 Å². The summed E-state index contributed by atoms with van der Waals surface area (Å²) in [5.74, 6) is 1.57. The molecule has 0 aromatic heterocycles. The Bertz CT molecular complexity index is 259. The van der Waals surface area contributed by atoms with Gasteiger partial charge in [0.05, 0.1) is 12.5 Å². The highest BCUT2D eigenvalue weighted by molar-refractivity contribution is 5.05. The van der Waals surface area contributed by atoms with Gasteiger partial charge < -0.3 is 4.74 Å². The highest BCUT2D eigenvalue weighted by Crippen LogP contribution is 2.32. The molecule has 2 rings (SSSR count). The van der Waals surface area contributed by atoms with E-state index in [1.807, 2.05) is 12.5 Å². The van der Waals surface area contributed by atoms with Crippen molar-refractivity contribution in [1.82, 2.24) is 0 Å². The summed E-state index contributed by atoms with van der Waals surface area (Å²) >= 11 is 0. The SMILES string of the molecule is CC(=COC=C(C)C1CCCC1)C1CCCC1. The van der Waals surface area contributed by atoms with Crippen molar-refractivity contribution < 1.29 is 4.74 Å². The van der Waals surface area contributed by atoms with Crippen LogP contribution in [0.15, 0.2) is 23.7 Å². The second kappa shape index (κ2) is 6.28. The van der Waals surface area contributed by atoms with E-state index >= 15 is 0 Å². The van der Waals surface area contributed by atoms with Gasteiger partial charge in [-0.2, -0.15) is 0 Å². The number of rotatable bonds is 4. The summed E-state index contributed by atoms with van der Waals surface area (Å²) in [4.78, 5) is 0. The van der Waals surface area contributed by atoms with Crippen LogP contribution in [-0.4, -0.2) is 0 Å². The smallest absolute Gasteiger partial charge is 0.0893 e. The number of ether oxygens (including phenoxy) is 1. The van der Waals surface area contributed by atoms with E-state index in [4.69, 9.17) is 4.74 Å². The van der Waals surface area contributed by atoms with Crippen molar-refractivity contribution in [2.75, 3.05) is 0 Å². The zero-order valence-electron chi connectivity index (χ0n) is 11.4. The normalized spacial score (nSPS) is 24.6. The molecule has 2 fully saturated rings. The molecule has 0 spiro atoms. The van der Waals surface area contributed by atoms with E-state index in [9.17, 15) is 0 Å². The van der Waals surface area contributed by atoms with Crippen molar-refractivity contribution in [2.45, 2.75) is 65.2 Å². The first-order chi connectivity index (χ1) is 8.27. The second-order valence-corrected chi connectivity index (χ2v) is 5.82. The molecule has 0 bridgehead atoms. The molecule has 0 aliphatic heterocycles. The summed E-state index contributed by atoms with van der Waals surface area (Å²) in [6, 6.07) is 0. The van der Waals surface area contributed by atoms with Gasteiger partial charge in [0, 0.05) is 0 Å². The predicted molar refractivity (Wildman–Crippen MR) is 72.5 cm³/mol. The third kappa shape index (κ3) is 3.62. The summed E-state index contributed by atoms with van der Waals surface area (Å²) in [5, 5.41) is 0. The highest BCUT2D eigenvalue weighted by atomic mass is 16.5. The Labute approximate surface area is 106 Å². The minimum atomic E-state index is 0.787. The lowest BCUT2D eigenvalue weighted by molar-refractivity contribution is 0.378. The van der Waals surface area contributed by atoms with Gasteiger partial charge in [0.15, 0.2) is 0 Å². The first-order valence-electron chi connectivity index (χ1n) is 7.26. The number of allylic oxidation sites excluding steroid dienone is 2. The first-order valence-corrected chi connectivity index (χ1v) is 7.26. The van der Waals surface area contributed by atoms with Gasteiger partial charge >= 0.3 is 0 Å². The van der Waals surface area contributed by atoms with Crippen LogP contribution in [0.5, 0.6) is 0 Å². The summed E-state index contributed by atoms with van der Waals surface area (Å²) < 4.78 is 5.66. The zero-order chi connectivity index (χ0) is 12.1. The Balaban J connectivity index is 1.80. The molecule has 17 heavy (non-hydrogen) atoms. The molecule has 0 heterocycles. The fourth-order valence-electron chi connectivity index (χ4n) is 3.20. The molecule has 0 N–H and O–H groups in total. The van der Waals surface area contributed by atoms with Gasteiger partial charge in [0.2, 0.25) is 0 Å². The zero-order valence-corrected chi connectivity index (χ0v) is 11.4. The minimum absolute atomic E-state index is 0.787. The van der Waals surface area contributed by atoms with Crippen LogP contribution in [0, 0.1) is 11.8 Å². The monoisotopic (exact) mass is 234 g/mol. The first kappa shape index (κ1) is 12.7. The second-order valence-electron chi connectivity index (χ2n) is 5.82. The van der Waals surface area contributed by atoms with Crippen molar-refractivity contribution in [3.63, 3.8) is 0 Å². The van der Waals surface area contributed by atoms with Crippen LogP contribution in [0.25, 0.3) is 0 Å². The molecule has 0 saturated heterocycles. The molecule has 0 aromatic rings. The molecular weight excluding hydrogens is 208 g/mol. The maximum Gasteiger partial charge on any atom is 0.0893 e. The summed E-state index contributed by atoms with van der Waals surface area (Å²) in [5.41, 5.74) is 2.86. The third-order valence-corrected chi connectivity index (χ3v) is 4.51. The lowest BCUT2D eigenvalue weighted by atomic mass is 10.0. The molecular formula is C16H26O. The highest BCUT2D eigenvalue weighted by Gasteiger charge is 2.17. The van der Waals surface area contributed by atoms with Crippen LogP contribution < -0.4 is 0 Å². The van der Waals surface area contributed by atoms with Crippen molar-refractivity contribution in [3.8, 4) is 0 Å². The molecule has 1 nitrogen and oxygen atoms in total. The van der Waals surface area contributed by atoms with Gasteiger partial charge in [-0.25, -0.2) is 0 Å². The largest absolute Gasteiger partial charge is 0.473 e. The molecule has 2 aliphatic rings. The predicted octanol–water partition coefficient (Wildman–Crippen LogP) is 5.19. The van der Waals surface area contributed by atoms with Gasteiger partial charge in [0.1, 0.15) is 0 Å². The molecule has 2 aliphatic carbocycles. The molecule has 0 atom stereocenters. The Morgan fingerprint density at radius 2 is 1.12 bits per heavy atom. The average molecular weight is 234 g/mol. The minimum Gasteiger partial charge on any atom is -0.473 e. The Morgan fingerprint density at radius 3 is 1.47 bits per heavy atom. The van der Waals surface area contributed by atoms with Gasteiger partial charge in [-0.15, -0.1) is 0 Å². The lowest BCUT2D eigenvalue weighted by Crippen LogP contribution is -1.97. The number of hydrogen-bond donors (Lipinski definition) is 0. The summed E-state index contributed by atoms with van der Waals surface area (Å²) in [7, 11) is 0. The maximum absolute atomic E-state index is 5.66. The molecule has 0 unspecified atom stereocenters. The van der Waals surface area contributed by atoms with E-state index in [2.05, 4.69) is 13.8 Å². The van der Waals surface area contributed by atoms with Crippen molar-refractivity contribution >= 4 is 0 Å². The van der Waals surface area contributed by atoms with Crippen molar-refractivity contribution in [2.24, 2.45) is 11.8 Å². The molecule has 0 amide bonds. The Hall–Kier alpha value is -0.720. The van der Waals surface area contributed by atoms with Gasteiger partial charge in [-0.3, -0.25) is 0 Å². The van der Waals surface area contributed by atoms with Crippen LogP contribution in [0.4, 0.5) is 0 Å². The summed E-state index contributed by atoms with van der Waals surface area (Å²) in [6.45, 7) is 4.43.